The van der Waals surface area contributed by atoms with Gasteiger partial charge in [0.05, 0.1) is 11.2 Å². The minimum Gasteiger partial charge on any atom is -0.399 e. The van der Waals surface area contributed by atoms with E-state index in [0.717, 1.165) is 18.5 Å². The summed E-state index contributed by atoms with van der Waals surface area (Å²) in [5.74, 6) is -0.0234. The largest absolute Gasteiger partial charge is 0.499 e. The molecule has 1 aromatic rings. The quantitative estimate of drug-likeness (QED) is 0.606. The van der Waals surface area contributed by atoms with Crippen molar-refractivity contribution < 1.29 is 13.7 Å². The van der Waals surface area contributed by atoms with Crippen molar-refractivity contribution in [3.05, 3.63) is 23.8 Å². The minimum absolute atomic E-state index is 0.392. The maximum Gasteiger partial charge on any atom is 0.499 e. The highest BCUT2D eigenvalue weighted by atomic mass is 19.1. The summed E-state index contributed by atoms with van der Waals surface area (Å²) in [4.78, 5) is 4.05. The molecule has 5 heteroatoms. The van der Waals surface area contributed by atoms with Crippen LogP contribution in [0, 0.1) is 5.95 Å². The summed E-state index contributed by atoms with van der Waals surface area (Å²) in [7, 11) is -0.675. The van der Waals surface area contributed by atoms with Crippen molar-refractivity contribution in [1.82, 2.24) is 4.98 Å². The van der Waals surface area contributed by atoms with E-state index in [4.69, 9.17) is 9.31 Å². The van der Waals surface area contributed by atoms with E-state index < -0.39 is 24.3 Å². The highest BCUT2D eigenvalue weighted by Gasteiger charge is 2.52. The van der Waals surface area contributed by atoms with Gasteiger partial charge in [-0.05, 0) is 46.6 Å². The van der Waals surface area contributed by atoms with Crippen LogP contribution in [0.3, 0.4) is 0 Å². The lowest BCUT2D eigenvalue weighted by Gasteiger charge is -2.32. The van der Waals surface area contributed by atoms with Crippen molar-refractivity contribution in [2.75, 3.05) is 0 Å². The monoisotopic (exact) mass is 263 g/mol. The highest BCUT2D eigenvalue weighted by molar-refractivity contribution is 6.62. The molecule has 1 saturated carbocycles. The summed E-state index contributed by atoms with van der Waals surface area (Å²) in [5.41, 5.74) is 0.319. The molecule has 102 valence electrons. The number of rotatable bonds is 2. The van der Waals surface area contributed by atoms with Gasteiger partial charge < -0.3 is 9.31 Å². The van der Waals surface area contributed by atoms with Crippen LogP contribution in [0.2, 0.25) is 0 Å². The molecular formula is C14H19BFNO2. The van der Waals surface area contributed by atoms with Crippen molar-refractivity contribution >= 4 is 12.6 Å². The second kappa shape index (κ2) is 4.03. The molecule has 2 fully saturated rings. The summed E-state index contributed by atoms with van der Waals surface area (Å²) >= 11 is 0. The molecule has 19 heavy (non-hydrogen) atoms. The molecule has 1 aliphatic carbocycles. The molecule has 0 radical (unpaired) electrons. The Morgan fingerprint density at radius 2 is 1.74 bits per heavy atom. The van der Waals surface area contributed by atoms with Crippen LogP contribution < -0.4 is 5.46 Å². The molecule has 0 bridgehead atoms. The van der Waals surface area contributed by atoms with Gasteiger partial charge >= 0.3 is 7.12 Å². The average molecular weight is 263 g/mol. The van der Waals surface area contributed by atoms with Crippen LogP contribution in [0.5, 0.6) is 0 Å². The molecule has 0 atom stereocenters. The van der Waals surface area contributed by atoms with E-state index >= 15 is 0 Å². The molecule has 0 N–H and O–H groups in total. The van der Waals surface area contributed by atoms with Crippen LogP contribution in [-0.2, 0) is 9.31 Å². The molecule has 1 saturated heterocycles. The standard InChI is InChI=1S/C14H19BFNO2/c1-13(2)14(3,4)19-15(18-13)10-7-8-11(9-5-6-9)17-12(10)16/h7-9H,5-6H2,1-4H3. The van der Waals surface area contributed by atoms with Gasteiger partial charge in [0, 0.05) is 17.1 Å². The first-order chi connectivity index (χ1) is 8.80. The third kappa shape index (κ3) is 2.19. The Morgan fingerprint density at radius 3 is 2.21 bits per heavy atom. The first-order valence-corrected chi connectivity index (χ1v) is 6.82. The van der Waals surface area contributed by atoms with Gasteiger partial charge in [0.2, 0.25) is 5.95 Å². The zero-order valence-electron chi connectivity index (χ0n) is 11.9. The molecule has 2 aliphatic rings. The van der Waals surface area contributed by atoms with Crippen molar-refractivity contribution in [1.29, 1.82) is 0 Å². The Hall–Kier alpha value is -0.935. The Balaban J connectivity index is 1.87. The van der Waals surface area contributed by atoms with Crippen LogP contribution >= 0.6 is 0 Å². The van der Waals surface area contributed by atoms with Gasteiger partial charge in [-0.3, -0.25) is 0 Å². The van der Waals surface area contributed by atoms with Crippen molar-refractivity contribution in [3.8, 4) is 0 Å². The molecule has 0 aromatic carbocycles. The average Bonchev–Trinajstić information content (AvgIpc) is 3.07. The number of aromatic nitrogens is 1. The summed E-state index contributed by atoms with van der Waals surface area (Å²) in [6.45, 7) is 7.82. The minimum atomic E-state index is -0.675. The molecule has 0 spiro atoms. The van der Waals surface area contributed by atoms with Crippen LogP contribution in [0.1, 0.15) is 52.1 Å². The van der Waals surface area contributed by atoms with Gasteiger partial charge in [-0.2, -0.15) is 4.39 Å². The Labute approximate surface area is 113 Å². The lowest BCUT2D eigenvalue weighted by Crippen LogP contribution is -2.41. The second-order valence-corrected chi connectivity index (χ2v) is 6.48. The van der Waals surface area contributed by atoms with E-state index in [1.807, 2.05) is 33.8 Å². The maximum atomic E-state index is 14.1. The number of hydrogen-bond donors (Lipinski definition) is 0. The summed E-state index contributed by atoms with van der Waals surface area (Å²) in [5, 5.41) is 0. The molecular weight excluding hydrogens is 244 g/mol. The van der Waals surface area contributed by atoms with E-state index in [1.165, 1.54) is 0 Å². The SMILES string of the molecule is CC1(C)OB(c2ccc(C3CC3)nc2F)OC1(C)C. The number of hydrogen-bond acceptors (Lipinski definition) is 3. The van der Waals surface area contributed by atoms with E-state index in [-0.39, 0.29) is 0 Å². The molecule has 1 aromatic heterocycles. The maximum absolute atomic E-state index is 14.1. The summed E-state index contributed by atoms with van der Waals surface area (Å²) < 4.78 is 25.8. The molecule has 0 amide bonds. The fourth-order valence-corrected chi connectivity index (χ4v) is 2.21. The Morgan fingerprint density at radius 1 is 1.16 bits per heavy atom. The predicted octanol–water partition coefficient (Wildman–Crippen LogP) is 2.40. The van der Waals surface area contributed by atoms with Gasteiger partial charge in [0.25, 0.3) is 0 Å². The van der Waals surface area contributed by atoms with E-state index in [1.54, 1.807) is 6.07 Å². The lowest BCUT2D eigenvalue weighted by molar-refractivity contribution is 0.00578. The van der Waals surface area contributed by atoms with Crippen LogP contribution in [0.25, 0.3) is 0 Å². The van der Waals surface area contributed by atoms with Gasteiger partial charge in [-0.15, -0.1) is 0 Å². The van der Waals surface area contributed by atoms with Gasteiger partial charge in [-0.25, -0.2) is 4.98 Å². The first kappa shape index (κ1) is 13.1. The highest BCUT2D eigenvalue weighted by Crippen LogP contribution is 2.39. The predicted molar refractivity (Wildman–Crippen MR) is 71.9 cm³/mol. The zero-order valence-corrected chi connectivity index (χ0v) is 11.9. The van der Waals surface area contributed by atoms with Crippen LogP contribution in [0.4, 0.5) is 4.39 Å². The van der Waals surface area contributed by atoms with E-state index in [9.17, 15) is 4.39 Å². The third-order valence-corrected chi connectivity index (χ3v) is 4.40. The van der Waals surface area contributed by atoms with Gasteiger partial charge in [0.15, 0.2) is 0 Å². The first-order valence-electron chi connectivity index (χ1n) is 6.82. The normalized spacial score (nSPS) is 24.8. The Kier molecular flexibility index (Phi) is 2.77. The summed E-state index contributed by atoms with van der Waals surface area (Å²) in [6.07, 6.45) is 2.23. The topological polar surface area (TPSA) is 31.4 Å². The van der Waals surface area contributed by atoms with Crippen molar-refractivity contribution in [3.63, 3.8) is 0 Å². The van der Waals surface area contributed by atoms with E-state index in [0.29, 0.717) is 11.4 Å². The third-order valence-electron chi connectivity index (χ3n) is 4.40. The zero-order chi connectivity index (χ0) is 13.8. The number of nitrogens with zero attached hydrogens (tertiary/aromatic N) is 1. The molecule has 3 rings (SSSR count). The lowest BCUT2D eigenvalue weighted by atomic mass is 9.80. The molecule has 2 heterocycles. The van der Waals surface area contributed by atoms with Crippen molar-refractivity contribution in [2.45, 2.75) is 57.7 Å². The molecule has 1 aliphatic heterocycles. The number of pyridine rings is 1. The summed E-state index contributed by atoms with van der Waals surface area (Å²) in [6, 6.07) is 3.64. The second-order valence-electron chi connectivity index (χ2n) is 6.48. The fraction of sp³-hybridized carbons (Fsp3) is 0.643. The van der Waals surface area contributed by atoms with Crippen molar-refractivity contribution in [2.24, 2.45) is 0 Å². The number of halogens is 1. The van der Waals surface area contributed by atoms with Gasteiger partial charge in [-0.1, -0.05) is 6.07 Å². The Bertz CT molecular complexity index is 498. The van der Waals surface area contributed by atoms with Crippen LogP contribution in [-0.4, -0.2) is 23.3 Å². The fourth-order valence-electron chi connectivity index (χ4n) is 2.21. The molecule has 3 nitrogen and oxygen atoms in total. The molecule has 0 unspecified atom stereocenters. The van der Waals surface area contributed by atoms with Gasteiger partial charge in [0.1, 0.15) is 0 Å². The van der Waals surface area contributed by atoms with Crippen LogP contribution in [0.15, 0.2) is 12.1 Å². The smallest absolute Gasteiger partial charge is 0.399 e. The van der Waals surface area contributed by atoms with E-state index in [2.05, 4.69) is 4.98 Å².